The molecule has 0 radical (unpaired) electrons. The number of thioether (sulfide) groups is 1. The second-order valence-electron chi connectivity index (χ2n) is 6.00. The van der Waals surface area contributed by atoms with Crippen LogP contribution in [0.3, 0.4) is 0 Å². The molecule has 29 heavy (non-hydrogen) atoms. The molecule has 0 aliphatic heterocycles. The molecule has 8 nitrogen and oxygen atoms in total. The van der Waals surface area contributed by atoms with E-state index in [2.05, 4.69) is 25.6 Å². The third-order valence-corrected chi connectivity index (χ3v) is 4.91. The van der Waals surface area contributed by atoms with Gasteiger partial charge in [0, 0.05) is 23.6 Å². The van der Waals surface area contributed by atoms with Gasteiger partial charge in [0.15, 0.2) is 5.65 Å². The molecule has 9 heteroatoms. The van der Waals surface area contributed by atoms with Crippen LogP contribution in [-0.4, -0.2) is 43.1 Å². The Morgan fingerprint density at radius 3 is 2.62 bits per heavy atom. The van der Waals surface area contributed by atoms with Crippen molar-refractivity contribution in [3.63, 3.8) is 0 Å². The van der Waals surface area contributed by atoms with Crippen molar-refractivity contribution in [3.8, 4) is 17.0 Å². The van der Waals surface area contributed by atoms with E-state index in [1.165, 1.54) is 11.8 Å². The molecular weight excluding hydrogens is 388 g/mol. The molecule has 0 atom stereocenters. The molecule has 0 saturated heterocycles. The van der Waals surface area contributed by atoms with Crippen molar-refractivity contribution >= 4 is 29.0 Å². The highest BCUT2D eigenvalue weighted by atomic mass is 32.2. The summed E-state index contributed by atoms with van der Waals surface area (Å²) in [4.78, 5) is 16.3. The highest BCUT2D eigenvalue weighted by molar-refractivity contribution is 7.99. The van der Waals surface area contributed by atoms with Gasteiger partial charge >= 0.3 is 0 Å². The minimum Gasteiger partial charge on any atom is -0.494 e. The van der Waals surface area contributed by atoms with Crippen LogP contribution in [0.5, 0.6) is 5.75 Å². The highest BCUT2D eigenvalue weighted by Crippen LogP contribution is 2.21. The molecular formula is C20H18N6O2S. The number of nitrogens with one attached hydrogen (secondary N) is 1. The smallest absolute Gasteiger partial charge is 0.234 e. The Bertz CT molecular complexity index is 1110. The first-order chi connectivity index (χ1) is 14.2. The van der Waals surface area contributed by atoms with E-state index in [0.717, 1.165) is 17.0 Å². The quantitative estimate of drug-likeness (QED) is 0.471. The molecule has 0 unspecified atom stereocenters. The number of fused-ring (bicyclic) bond motifs is 1. The van der Waals surface area contributed by atoms with Crippen LogP contribution in [-0.2, 0) is 4.79 Å². The first-order valence-corrected chi connectivity index (χ1v) is 10.00. The van der Waals surface area contributed by atoms with E-state index in [4.69, 9.17) is 4.74 Å². The van der Waals surface area contributed by atoms with E-state index in [0.29, 0.717) is 23.1 Å². The molecule has 0 spiro atoms. The van der Waals surface area contributed by atoms with Crippen molar-refractivity contribution in [2.75, 3.05) is 17.7 Å². The maximum Gasteiger partial charge on any atom is 0.234 e. The molecule has 0 saturated carbocycles. The summed E-state index contributed by atoms with van der Waals surface area (Å²) >= 11 is 1.28. The summed E-state index contributed by atoms with van der Waals surface area (Å²) in [6, 6.07) is 14.8. The summed E-state index contributed by atoms with van der Waals surface area (Å²) in [6.07, 6.45) is 3.43. The van der Waals surface area contributed by atoms with Crippen LogP contribution in [0.2, 0.25) is 0 Å². The van der Waals surface area contributed by atoms with Crippen molar-refractivity contribution in [1.29, 1.82) is 0 Å². The molecule has 0 aliphatic carbocycles. The van der Waals surface area contributed by atoms with Gasteiger partial charge in [-0.05, 0) is 55.5 Å². The van der Waals surface area contributed by atoms with E-state index in [9.17, 15) is 4.79 Å². The van der Waals surface area contributed by atoms with Crippen molar-refractivity contribution in [1.82, 2.24) is 24.8 Å². The number of carbonyl (C=O) groups excluding carboxylic acids is 1. The van der Waals surface area contributed by atoms with Crippen LogP contribution in [0.15, 0.2) is 66.1 Å². The molecule has 4 aromatic rings. The van der Waals surface area contributed by atoms with Crippen LogP contribution in [0, 0.1) is 0 Å². The lowest BCUT2D eigenvalue weighted by Crippen LogP contribution is -2.14. The SMILES string of the molecule is CCOc1ccc(NC(=O)CSc2nnc3ccc(-c4ccncc4)nn23)cc1. The zero-order valence-electron chi connectivity index (χ0n) is 15.6. The number of benzene rings is 1. The second-order valence-corrected chi connectivity index (χ2v) is 6.94. The Morgan fingerprint density at radius 1 is 1.07 bits per heavy atom. The fourth-order valence-electron chi connectivity index (χ4n) is 2.66. The molecule has 1 amide bonds. The molecule has 0 aliphatic rings. The summed E-state index contributed by atoms with van der Waals surface area (Å²) in [5.41, 5.74) is 3.06. The zero-order chi connectivity index (χ0) is 20.1. The van der Waals surface area contributed by atoms with Gasteiger partial charge in [0.25, 0.3) is 0 Å². The number of anilines is 1. The number of ether oxygens (including phenoxy) is 1. The van der Waals surface area contributed by atoms with Crippen LogP contribution >= 0.6 is 11.8 Å². The second kappa shape index (κ2) is 8.70. The normalized spacial score (nSPS) is 10.8. The van der Waals surface area contributed by atoms with Gasteiger partial charge in [-0.3, -0.25) is 9.78 Å². The summed E-state index contributed by atoms with van der Waals surface area (Å²) in [5.74, 6) is 0.821. The number of rotatable bonds is 7. The Balaban J connectivity index is 1.43. The third-order valence-electron chi connectivity index (χ3n) is 3.99. The molecule has 3 aromatic heterocycles. The number of hydrogen-bond donors (Lipinski definition) is 1. The fraction of sp³-hybridized carbons (Fsp3) is 0.150. The Hall–Kier alpha value is -3.46. The fourth-order valence-corrected chi connectivity index (χ4v) is 3.35. The van der Waals surface area contributed by atoms with Crippen LogP contribution < -0.4 is 10.1 Å². The molecule has 0 fully saturated rings. The molecule has 146 valence electrons. The number of pyridine rings is 1. The van der Waals surface area contributed by atoms with Gasteiger partial charge in [-0.1, -0.05) is 11.8 Å². The van der Waals surface area contributed by atoms with Crippen LogP contribution in [0.1, 0.15) is 6.92 Å². The van der Waals surface area contributed by atoms with Crippen LogP contribution in [0.25, 0.3) is 16.9 Å². The van der Waals surface area contributed by atoms with Crippen molar-refractivity contribution in [2.45, 2.75) is 12.1 Å². The summed E-state index contributed by atoms with van der Waals surface area (Å²) < 4.78 is 7.04. The maximum atomic E-state index is 12.3. The lowest BCUT2D eigenvalue weighted by molar-refractivity contribution is -0.113. The lowest BCUT2D eigenvalue weighted by atomic mass is 10.2. The summed E-state index contributed by atoms with van der Waals surface area (Å²) in [6.45, 7) is 2.53. The highest BCUT2D eigenvalue weighted by Gasteiger charge is 2.12. The van der Waals surface area contributed by atoms with Crippen molar-refractivity contribution < 1.29 is 9.53 Å². The Morgan fingerprint density at radius 2 is 1.86 bits per heavy atom. The van der Waals surface area contributed by atoms with Gasteiger partial charge in [0.2, 0.25) is 11.1 Å². The standard InChI is InChI=1S/C20H18N6O2S/c1-2-28-16-5-3-15(4-6-16)22-19(27)13-29-20-24-23-18-8-7-17(25-26(18)20)14-9-11-21-12-10-14/h3-12H,2,13H2,1H3,(H,22,27). The minimum absolute atomic E-state index is 0.138. The minimum atomic E-state index is -0.138. The first-order valence-electron chi connectivity index (χ1n) is 9.01. The van der Waals surface area contributed by atoms with Crippen LogP contribution in [0.4, 0.5) is 5.69 Å². The molecule has 1 aromatic carbocycles. The number of nitrogens with zero attached hydrogens (tertiary/aromatic N) is 5. The van der Waals surface area contributed by atoms with E-state index in [-0.39, 0.29) is 11.7 Å². The van der Waals surface area contributed by atoms with Gasteiger partial charge in [0.05, 0.1) is 18.1 Å². The number of hydrogen-bond acceptors (Lipinski definition) is 7. The molecule has 0 bridgehead atoms. The molecule has 3 heterocycles. The lowest BCUT2D eigenvalue weighted by Gasteiger charge is -2.07. The van der Waals surface area contributed by atoms with Gasteiger partial charge in [-0.2, -0.15) is 9.61 Å². The van der Waals surface area contributed by atoms with Gasteiger partial charge < -0.3 is 10.1 Å². The predicted molar refractivity (Wildman–Crippen MR) is 111 cm³/mol. The maximum absolute atomic E-state index is 12.3. The first kappa shape index (κ1) is 18.9. The number of amides is 1. The number of aromatic nitrogens is 5. The largest absolute Gasteiger partial charge is 0.494 e. The summed E-state index contributed by atoms with van der Waals surface area (Å²) in [5, 5.41) is 16.3. The van der Waals surface area contributed by atoms with E-state index < -0.39 is 0 Å². The molecule has 1 N–H and O–H groups in total. The average molecular weight is 406 g/mol. The van der Waals surface area contributed by atoms with E-state index >= 15 is 0 Å². The average Bonchev–Trinajstić information content (AvgIpc) is 3.17. The predicted octanol–water partition coefficient (Wildman–Crippen LogP) is 3.32. The topological polar surface area (TPSA) is 94.3 Å². The number of carbonyl (C=O) groups is 1. The van der Waals surface area contributed by atoms with Crippen molar-refractivity contribution in [2.24, 2.45) is 0 Å². The monoisotopic (exact) mass is 406 g/mol. The van der Waals surface area contributed by atoms with E-state index in [1.807, 2.05) is 55.5 Å². The Labute approximate surface area is 171 Å². The van der Waals surface area contributed by atoms with Gasteiger partial charge in [-0.15, -0.1) is 10.2 Å². The Kier molecular flexibility index (Phi) is 5.66. The van der Waals surface area contributed by atoms with Gasteiger partial charge in [-0.25, -0.2) is 0 Å². The third kappa shape index (κ3) is 4.52. The molecule has 4 rings (SSSR count). The van der Waals surface area contributed by atoms with Gasteiger partial charge in [0.1, 0.15) is 5.75 Å². The van der Waals surface area contributed by atoms with Crippen molar-refractivity contribution in [3.05, 3.63) is 60.9 Å². The summed E-state index contributed by atoms with van der Waals surface area (Å²) in [7, 11) is 0. The zero-order valence-corrected chi connectivity index (χ0v) is 16.5. The van der Waals surface area contributed by atoms with E-state index in [1.54, 1.807) is 16.9 Å².